The molecule has 1 nitrogen and oxygen atoms in total. The van der Waals surface area contributed by atoms with Gasteiger partial charge >= 0.3 is 0 Å². The fourth-order valence-electron chi connectivity index (χ4n) is 6.43. The van der Waals surface area contributed by atoms with Crippen LogP contribution < -0.4 is 0 Å². The molecule has 0 spiro atoms. The van der Waals surface area contributed by atoms with Crippen LogP contribution >= 0.6 is 0 Å². The number of rotatable bonds is 11. The average molecular weight is 422 g/mol. The van der Waals surface area contributed by atoms with Crippen molar-refractivity contribution in [3.63, 3.8) is 0 Å². The van der Waals surface area contributed by atoms with Crippen molar-refractivity contribution in [2.75, 3.05) is 0 Å². The molecule has 1 heteroatoms. The summed E-state index contributed by atoms with van der Waals surface area (Å²) in [6, 6.07) is 11.8. The summed E-state index contributed by atoms with van der Waals surface area (Å²) in [4.78, 5) is 0. The number of nitrogens with zero attached hydrogens (tertiary/aromatic N) is 1. The third-order valence-corrected chi connectivity index (χ3v) is 8.70. The smallest absolute Gasteiger partial charge is 0.0822 e. The first-order chi connectivity index (χ1) is 15.2. The third-order valence-electron chi connectivity index (χ3n) is 8.70. The molecule has 0 saturated heterocycles. The number of aryl methyl sites for hydroxylation is 1. The summed E-state index contributed by atoms with van der Waals surface area (Å²) in [5, 5.41) is 10.1. The van der Waals surface area contributed by atoms with E-state index in [-0.39, 0.29) is 5.41 Å². The van der Waals surface area contributed by atoms with Crippen molar-refractivity contribution in [2.24, 2.45) is 17.8 Å². The Kier molecular flexibility index (Phi) is 9.95. The molecule has 0 heterocycles. The molecule has 2 aliphatic carbocycles. The summed E-state index contributed by atoms with van der Waals surface area (Å²) in [6.07, 6.45) is 22.8. The molecule has 31 heavy (non-hydrogen) atoms. The molecule has 0 aliphatic heterocycles. The van der Waals surface area contributed by atoms with Gasteiger partial charge in [0.05, 0.1) is 11.5 Å². The van der Waals surface area contributed by atoms with Gasteiger partial charge in [0.1, 0.15) is 0 Å². The van der Waals surface area contributed by atoms with Gasteiger partial charge in [0.15, 0.2) is 0 Å². The minimum atomic E-state index is -0.227. The predicted molar refractivity (Wildman–Crippen MR) is 133 cm³/mol. The van der Waals surface area contributed by atoms with Crippen LogP contribution in [0.4, 0.5) is 0 Å². The van der Waals surface area contributed by atoms with Gasteiger partial charge in [-0.3, -0.25) is 0 Å². The minimum Gasteiger partial charge on any atom is -0.197 e. The van der Waals surface area contributed by atoms with E-state index in [1.807, 2.05) is 0 Å². The molecular weight excluding hydrogens is 374 g/mol. The van der Waals surface area contributed by atoms with Gasteiger partial charge in [-0.1, -0.05) is 95.9 Å². The summed E-state index contributed by atoms with van der Waals surface area (Å²) in [7, 11) is 0. The lowest BCUT2D eigenvalue weighted by atomic mass is 9.62. The van der Waals surface area contributed by atoms with Gasteiger partial charge in [-0.25, -0.2) is 0 Å². The number of hydrogen-bond acceptors (Lipinski definition) is 1. The second-order valence-corrected chi connectivity index (χ2v) is 10.8. The van der Waals surface area contributed by atoms with Gasteiger partial charge in [0, 0.05) is 0 Å². The molecule has 172 valence electrons. The number of unbranched alkanes of at least 4 members (excludes halogenated alkanes) is 5. The van der Waals surface area contributed by atoms with Crippen molar-refractivity contribution in [3.8, 4) is 6.07 Å². The number of benzene rings is 1. The zero-order valence-electron chi connectivity index (χ0n) is 20.5. The van der Waals surface area contributed by atoms with Crippen LogP contribution in [0.5, 0.6) is 0 Å². The van der Waals surface area contributed by atoms with Crippen molar-refractivity contribution >= 4 is 0 Å². The van der Waals surface area contributed by atoms with Gasteiger partial charge in [0.2, 0.25) is 0 Å². The van der Waals surface area contributed by atoms with Gasteiger partial charge in [-0.15, -0.1) is 0 Å². The van der Waals surface area contributed by atoms with Crippen LogP contribution in [0.25, 0.3) is 0 Å². The van der Waals surface area contributed by atoms with Crippen molar-refractivity contribution in [3.05, 3.63) is 35.4 Å². The molecule has 0 unspecified atom stereocenters. The third kappa shape index (κ3) is 6.84. The molecule has 0 N–H and O–H groups in total. The zero-order chi connectivity index (χ0) is 21.9. The van der Waals surface area contributed by atoms with E-state index in [1.54, 1.807) is 0 Å². The molecule has 0 aromatic heterocycles. The summed E-state index contributed by atoms with van der Waals surface area (Å²) < 4.78 is 0. The SMILES string of the molecule is CCCCCCCC1CCC(C2CCC(C#N)(c3ccc(CCCC)cc3)CC2)CC1. The Morgan fingerprint density at radius 1 is 0.774 bits per heavy atom. The molecule has 1 aromatic carbocycles. The van der Waals surface area contributed by atoms with Crippen molar-refractivity contribution in [1.82, 2.24) is 0 Å². The molecule has 1 aromatic rings. The van der Waals surface area contributed by atoms with Crippen molar-refractivity contribution < 1.29 is 0 Å². The highest BCUT2D eigenvalue weighted by Crippen LogP contribution is 2.47. The van der Waals surface area contributed by atoms with Crippen molar-refractivity contribution in [1.29, 1.82) is 5.26 Å². The van der Waals surface area contributed by atoms with Gasteiger partial charge in [-0.05, 0) is 80.2 Å². The highest BCUT2D eigenvalue weighted by Gasteiger charge is 2.39. The highest BCUT2D eigenvalue weighted by molar-refractivity contribution is 5.35. The summed E-state index contributed by atoms with van der Waals surface area (Å²) in [5.41, 5.74) is 2.48. The Morgan fingerprint density at radius 3 is 2.00 bits per heavy atom. The van der Waals surface area contributed by atoms with Crippen LogP contribution in [0, 0.1) is 29.1 Å². The normalized spacial score (nSPS) is 28.9. The second kappa shape index (κ2) is 12.7. The van der Waals surface area contributed by atoms with Crippen LogP contribution in [0.2, 0.25) is 0 Å². The number of hydrogen-bond donors (Lipinski definition) is 0. The van der Waals surface area contributed by atoms with E-state index < -0.39 is 0 Å². The highest BCUT2D eigenvalue weighted by atomic mass is 14.5. The molecule has 0 amide bonds. The Morgan fingerprint density at radius 2 is 1.39 bits per heavy atom. The minimum absolute atomic E-state index is 0.227. The Hall–Kier alpha value is -1.29. The average Bonchev–Trinajstić information content (AvgIpc) is 2.83. The molecule has 2 saturated carbocycles. The molecule has 0 bridgehead atoms. The maximum absolute atomic E-state index is 10.1. The maximum Gasteiger partial charge on any atom is 0.0822 e. The fourth-order valence-corrected chi connectivity index (χ4v) is 6.43. The van der Waals surface area contributed by atoms with Crippen molar-refractivity contribution in [2.45, 2.75) is 128 Å². The van der Waals surface area contributed by atoms with Crippen LogP contribution in [-0.4, -0.2) is 0 Å². The first kappa shape index (κ1) is 24.4. The molecule has 3 rings (SSSR count). The molecule has 0 radical (unpaired) electrons. The van der Waals surface area contributed by atoms with E-state index in [4.69, 9.17) is 0 Å². The number of nitriles is 1. The lowest BCUT2D eigenvalue weighted by Crippen LogP contribution is -2.33. The largest absolute Gasteiger partial charge is 0.197 e. The standard InChI is InChI=1S/C30H47N/c1-3-5-7-8-9-11-26-12-16-27(17-13-26)28-20-22-30(24-31,23-21-28)29-18-14-25(15-19-29)10-6-4-2/h14-15,18-19,26-28H,3-13,16-17,20-23H2,1-2H3. The first-order valence-corrected chi connectivity index (χ1v) is 13.7. The summed E-state index contributed by atoms with van der Waals surface area (Å²) in [5.74, 6) is 2.81. The van der Waals surface area contributed by atoms with E-state index in [1.165, 1.54) is 107 Å². The van der Waals surface area contributed by atoms with E-state index in [2.05, 4.69) is 44.2 Å². The molecule has 2 fully saturated rings. The predicted octanol–water partition coefficient (Wildman–Crippen LogP) is 9.15. The zero-order valence-corrected chi connectivity index (χ0v) is 20.5. The molecule has 2 aliphatic rings. The van der Waals surface area contributed by atoms with Crippen LogP contribution in [-0.2, 0) is 11.8 Å². The second-order valence-electron chi connectivity index (χ2n) is 10.8. The fraction of sp³-hybridized carbons (Fsp3) is 0.767. The van der Waals surface area contributed by atoms with E-state index in [0.717, 1.165) is 30.6 Å². The van der Waals surface area contributed by atoms with Gasteiger partial charge in [-0.2, -0.15) is 5.26 Å². The van der Waals surface area contributed by atoms with E-state index in [0.29, 0.717) is 0 Å². The van der Waals surface area contributed by atoms with Crippen LogP contribution in [0.15, 0.2) is 24.3 Å². The topological polar surface area (TPSA) is 23.8 Å². The van der Waals surface area contributed by atoms with Crippen LogP contribution in [0.1, 0.15) is 128 Å². The van der Waals surface area contributed by atoms with E-state index >= 15 is 0 Å². The quantitative estimate of drug-likeness (QED) is 0.327. The monoisotopic (exact) mass is 421 g/mol. The lowest BCUT2D eigenvalue weighted by molar-refractivity contribution is 0.143. The summed E-state index contributed by atoms with van der Waals surface area (Å²) in [6.45, 7) is 4.55. The van der Waals surface area contributed by atoms with Gasteiger partial charge < -0.3 is 0 Å². The Labute approximate surface area is 193 Å². The lowest BCUT2D eigenvalue weighted by Gasteiger charge is -2.41. The Balaban J connectivity index is 1.44. The summed E-state index contributed by atoms with van der Waals surface area (Å²) >= 11 is 0. The van der Waals surface area contributed by atoms with Crippen LogP contribution in [0.3, 0.4) is 0 Å². The maximum atomic E-state index is 10.1. The first-order valence-electron chi connectivity index (χ1n) is 13.7. The van der Waals surface area contributed by atoms with E-state index in [9.17, 15) is 5.26 Å². The van der Waals surface area contributed by atoms with Gasteiger partial charge in [0.25, 0.3) is 0 Å². The molecular formula is C30H47N. The molecule has 0 atom stereocenters. The Bertz CT molecular complexity index is 651.